The van der Waals surface area contributed by atoms with Crippen LogP contribution in [0.15, 0.2) is 46.5 Å². The summed E-state index contributed by atoms with van der Waals surface area (Å²) in [5.41, 5.74) is 0.0335. The Morgan fingerprint density at radius 3 is 2.65 bits per heavy atom. The van der Waals surface area contributed by atoms with E-state index in [4.69, 9.17) is 5.11 Å². The Morgan fingerprint density at radius 2 is 2.12 bits per heavy atom. The first kappa shape index (κ1) is 12.8. The van der Waals surface area contributed by atoms with Crippen molar-refractivity contribution in [2.75, 3.05) is 6.61 Å². The number of hydrogen-bond donors (Lipinski definition) is 1. The van der Waals surface area contributed by atoms with E-state index in [1.165, 1.54) is 24.3 Å². The van der Waals surface area contributed by atoms with Crippen molar-refractivity contribution in [2.45, 2.75) is 6.92 Å². The Balaban J connectivity index is 2.75. The van der Waals surface area contributed by atoms with Gasteiger partial charge in [0.05, 0.1) is 12.3 Å². The highest BCUT2D eigenvalue weighted by molar-refractivity contribution is 5.87. The molecule has 0 aliphatic heterocycles. The summed E-state index contributed by atoms with van der Waals surface area (Å²) in [6.07, 6.45) is 0.505. The monoisotopic (exact) mass is 238 g/mol. The van der Waals surface area contributed by atoms with E-state index >= 15 is 0 Å². The van der Waals surface area contributed by atoms with Gasteiger partial charge >= 0.3 is 5.97 Å². The zero-order valence-electron chi connectivity index (χ0n) is 9.13. The van der Waals surface area contributed by atoms with Gasteiger partial charge in [-0.05, 0) is 31.2 Å². The predicted molar refractivity (Wildman–Crippen MR) is 58.3 cm³/mol. The molecule has 0 heterocycles. The molecule has 0 saturated heterocycles. The van der Waals surface area contributed by atoms with E-state index in [0.29, 0.717) is 11.9 Å². The van der Waals surface area contributed by atoms with Crippen molar-refractivity contribution in [1.82, 2.24) is 0 Å². The topological polar surface area (TPSA) is 71.2 Å². The van der Waals surface area contributed by atoms with E-state index in [2.05, 4.69) is 15.0 Å². The molecule has 0 radical (unpaired) electrons. The molecule has 5 nitrogen and oxygen atoms in total. The number of aliphatic hydroxyl groups is 1. The lowest BCUT2D eigenvalue weighted by atomic mass is 10.3. The van der Waals surface area contributed by atoms with Crippen LogP contribution in [-0.2, 0) is 9.53 Å². The van der Waals surface area contributed by atoms with Crippen LogP contribution < -0.4 is 0 Å². The second kappa shape index (κ2) is 6.37. The Kier molecular flexibility index (Phi) is 4.80. The Labute approximate surface area is 97.2 Å². The summed E-state index contributed by atoms with van der Waals surface area (Å²) in [4.78, 5) is 11.2. The first-order valence-corrected chi connectivity index (χ1v) is 4.86. The van der Waals surface area contributed by atoms with E-state index in [0.717, 1.165) is 0 Å². The molecular formula is C11H11FN2O3. The number of benzene rings is 1. The minimum absolute atomic E-state index is 0.169. The van der Waals surface area contributed by atoms with E-state index < -0.39 is 11.8 Å². The smallest absolute Gasteiger partial charge is 0.362 e. The summed E-state index contributed by atoms with van der Waals surface area (Å²) in [5.74, 6) is -1.17. The highest BCUT2D eigenvalue weighted by atomic mass is 19.1. The Morgan fingerprint density at radius 1 is 1.47 bits per heavy atom. The molecule has 0 spiro atoms. The maximum absolute atomic E-state index is 12.6. The van der Waals surface area contributed by atoms with Crippen molar-refractivity contribution < 1.29 is 19.0 Å². The second-order valence-corrected chi connectivity index (χ2v) is 2.91. The molecule has 6 heteroatoms. The lowest BCUT2D eigenvalue weighted by Gasteiger charge is -1.99. The summed E-state index contributed by atoms with van der Waals surface area (Å²) in [7, 11) is 0. The van der Waals surface area contributed by atoms with Crippen molar-refractivity contribution in [3.05, 3.63) is 42.0 Å². The van der Waals surface area contributed by atoms with Crippen LogP contribution in [0.1, 0.15) is 6.92 Å². The number of hydrogen-bond acceptors (Lipinski definition) is 5. The fourth-order valence-electron chi connectivity index (χ4n) is 0.944. The number of esters is 1. The fraction of sp³-hybridized carbons (Fsp3) is 0.182. The predicted octanol–water partition coefficient (Wildman–Crippen LogP) is 2.87. The number of aliphatic hydroxyl groups excluding tert-OH is 1. The molecule has 0 bridgehead atoms. The zero-order valence-corrected chi connectivity index (χ0v) is 9.13. The molecule has 1 aromatic carbocycles. The van der Waals surface area contributed by atoms with Gasteiger partial charge in [-0.25, -0.2) is 9.18 Å². The number of rotatable bonds is 4. The average Bonchev–Trinajstić information content (AvgIpc) is 2.32. The third-order valence-electron chi connectivity index (χ3n) is 1.71. The van der Waals surface area contributed by atoms with E-state index in [9.17, 15) is 9.18 Å². The van der Waals surface area contributed by atoms with Crippen LogP contribution in [0.3, 0.4) is 0 Å². The van der Waals surface area contributed by atoms with Crippen LogP contribution in [-0.4, -0.2) is 17.7 Å². The SMILES string of the molecule is CCOC(=O)/C(=C/O)N=Nc1ccc(F)cc1. The van der Waals surface area contributed by atoms with Crippen LogP contribution in [0.4, 0.5) is 10.1 Å². The molecule has 0 saturated carbocycles. The third kappa shape index (κ3) is 4.02. The lowest BCUT2D eigenvalue weighted by Crippen LogP contribution is -2.05. The third-order valence-corrected chi connectivity index (χ3v) is 1.71. The van der Waals surface area contributed by atoms with Crippen LogP contribution >= 0.6 is 0 Å². The van der Waals surface area contributed by atoms with Crippen molar-refractivity contribution in [2.24, 2.45) is 10.2 Å². The van der Waals surface area contributed by atoms with Gasteiger partial charge < -0.3 is 9.84 Å². The highest BCUT2D eigenvalue weighted by Crippen LogP contribution is 2.14. The van der Waals surface area contributed by atoms with Crippen LogP contribution in [0.5, 0.6) is 0 Å². The van der Waals surface area contributed by atoms with Crippen LogP contribution in [0, 0.1) is 5.82 Å². The first-order chi connectivity index (χ1) is 8.17. The molecule has 17 heavy (non-hydrogen) atoms. The Hall–Kier alpha value is -2.24. The van der Waals surface area contributed by atoms with Crippen molar-refractivity contribution in [3.8, 4) is 0 Å². The summed E-state index contributed by atoms with van der Waals surface area (Å²) in [6.45, 7) is 1.80. The summed E-state index contributed by atoms with van der Waals surface area (Å²) >= 11 is 0. The number of carbonyl (C=O) groups excluding carboxylic acids is 1. The van der Waals surface area contributed by atoms with Crippen molar-refractivity contribution >= 4 is 11.7 Å². The molecule has 0 fully saturated rings. The summed E-state index contributed by atoms with van der Waals surface area (Å²) < 4.78 is 17.2. The second-order valence-electron chi connectivity index (χ2n) is 2.91. The van der Waals surface area contributed by atoms with Gasteiger partial charge in [0.1, 0.15) is 12.1 Å². The maximum Gasteiger partial charge on any atom is 0.362 e. The molecule has 1 aromatic rings. The molecule has 0 aromatic heterocycles. The van der Waals surface area contributed by atoms with Crippen molar-refractivity contribution in [1.29, 1.82) is 0 Å². The molecule has 1 rings (SSSR count). The number of ether oxygens (including phenoxy) is 1. The van der Waals surface area contributed by atoms with Crippen LogP contribution in [0.25, 0.3) is 0 Å². The maximum atomic E-state index is 12.6. The molecule has 90 valence electrons. The highest BCUT2D eigenvalue weighted by Gasteiger charge is 2.09. The largest absolute Gasteiger partial charge is 0.513 e. The number of halogens is 1. The Bertz CT molecular complexity index is 441. The molecule has 0 aliphatic rings. The molecule has 0 atom stereocenters. The summed E-state index contributed by atoms with van der Waals surface area (Å²) in [6, 6.07) is 5.19. The molecular weight excluding hydrogens is 227 g/mol. The van der Waals surface area contributed by atoms with Crippen molar-refractivity contribution in [3.63, 3.8) is 0 Å². The zero-order chi connectivity index (χ0) is 12.7. The average molecular weight is 238 g/mol. The van der Waals surface area contributed by atoms with E-state index in [-0.39, 0.29) is 12.3 Å². The standard InChI is InChI=1S/C11H11FN2O3/c1-2-17-11(16)10(7-15)14-13-9-5-3-8(12)4-6-9/h3-7,15H,2H2,1H3/b10-7-,14-13?. The molecule has 0 unspecified atom stereocenters. The fourth-order valence-corrected chi connectivity index (χ4v) is 0.944. The van der Waals surface area contributed by atoms with Gasteiger partial charge in [-0.2, -0.15) is 5.11 Å². The van der Waals surface area contributed by atoms with Gasteiger partial charge in [-0.1, -0.05) is 0 Å². The molecule has 0 aliphatic carbocycles. The van der Waals surface area contributed by atoms with Gasteiger partial charge in [0.2, 0.25) is 5.70 Å². The quantitative estimate of drug-likeness (QED) is 0.379. The van der Waals surface area contributed by atoms with Gasteiger partial charge in [0.25, 0.3) is 0 Å². The lowest BCUT2D eigenvalue weighted by molar-refractivity contribution is -0.138. The number of carbonyl (C=O) groups is 1. The van der Waals surface area contributed by atoms with Gasteiger partial charge in [-0.3, -0.25) is 0 Å². The van der Waals surface area contributed by atoms with Crippen LogP contribution in [0.2, 0.25) is 0 Å². The normalized spacial score (nSPS) is 11.8. The van der Waals surface area contributed by atoms with Gasteiger partial charge in [0, 0.05) is 0 Å². The minimum atomic E-state index is -0.777. The number of nitrogens with zero attached hydrogens (tertiary/aromatic N) is 2. The van der Waals surface area contributed by atoms with E-state index in [1.54, 1.807) is 6.92 Å². The van der Waals surface area contributed by atoms with Gasteiger partial charge in [-0.15, -0.1) is 5.11 Å². The van der Waals surface area contributed by atoms with E-state index in [1.807, 2.05) is 0 Å². The minimum Gasteiger partial charge on any atom is -0.513 e. The first-order valence-electron chi connectivity index (χ1n) is 4.86. The molecule has 1 N–H and O–H groups in total. The summed E-state index contributed by atoms with van der Waals surface area (Å²) in [5, 5.41) is 15.9. The molecule has 0 amide bonds. The van der Waals surface area contributed by atoms with Gasteiger partial charge in [0.15, 0.2) is 0 Å². The number of azo groups is 1.